The molecule has 0 fully saturated rings. The molecule has 0 amide bonds. The molecule has 0 saturated carbocycles. The zero-order valence-electron chi connectivity index (χ0n) is 31.4. The summed E-state index contributed by atoms with van der Waals surface area (Å²) in [7, 11) is 0. The highest BCUT2D eigenvalue weighted by Gasteiger charge is 2.24. The van der Waals surface area contributed by atoms with Gasteiger partial charge < -0.3 is 9.13 Å². The number of aromatic nitrogens is 2. The fraction of sp³-hybridized carbons (Fsp3) is 0.348. The van der Waals surface area contributed by atoms with E-state index in [1.165, 1.54) is 77.2 Å². The molecule has 0 aliphatic heterocycles. The number of rotatable bonds is 2. The highest BCUT2D eigenvalue weighted by Crippen LogP contribution is 2.43. The lowest BCUT2D eigenvalue weighted by molar-refractivity contribution is 0.589. The maximum atomic E-state index is 3.89. The van der Waals surface area contributed by atoms with Crippen molar-refractivity contribution in [3.63, 3.8) is 0 Å². The Labute approximate surface area is 301 Å². The summed E-state index contributed by atoms with van der Waals surface area (Å²) in [5.41, 5.74) is 12.8. The van der Waals surface area contributed by atoms with Crippen LogP contribution in [0.5, 0.6) is 0 Å². The Balaban J connectivity index is 1.65. The molecule has 0 atom stereocenters. The van der Waals surface area contributed by atoms with Crippen LogP contribution in [0.4, 0.5) is 0 Å². The normalized spacial score (nSPS) is 13.4. The fourth-order valence-corrected chi connectivity index (χ4v) is 7.75. The van der Waals surface area contributed by atoms with Crippen LogP contribution in [0.1, 0.15) is 105 Å². The van der Waals surface area contributed by atoms with Gasteiger partial charge in [0.1, 0.15) is 0 Å². The second-order valence-electron chi connectivity index (χ2n) is 18.3. The van der Waals surface area contributed by atoms with Gasteiger partial charge in [-0.15, -0.1) is 0 Å². The molecule has 0 aliphatic carbocycles. The van der Waals surface area contributed by atoms with Gasteiger partial charge in [0.25, 0.3) is 0 Å². The predicted octanol–water partition coefficient (Wildman–Crippen LogP) is 13.8. The van der Waals surface area contributed by atoms with Crippen molar-refractivity contribution in [3.8, 4) is 11.4 Å². The van der Waals surface area contributed by atoms with Crippen molar-refractivity contribution in [1.82, 2.24) is 9.13 Å². The van der Waals surface area contributed by atoms with Crippen molar-refractivity contribution in [2.45, 2.75) is 105 Å². The van der Waals surface area contributed by atoms with Gasteiger partial charge in [-0.3, -0.25) is 0 Å². The molecule has 2 heterocycles. The summed E-state index contributed by atoms with van der Waals surface area (Å²) in [5.74, 6) is 0. The minimum Gasteiger partial charge on any atom is -0.309 e. The lowest BCUT2D eigenvalue weighted by Crippen LogP contribution is -2.12. The molecule has 0 saturated heterocycles. The molecule has 252 valence electrons. The number of fused-ring (bicyclic) bond motifs is 6. The van der Waals surface area contributed by atoms with Crippen molar-refractivity contribution < 1.29 is 0 Å². The highest BCUT2D eigenvalue weighted by atomic mass is 79.9. The van der Waals surface area contributed by atoms with E-state index in [4.69, 9.17) is 0 Å². The Bertz CT molecular complexity index is 2400. The van der Waals surface area contributed by atoms with Gasteiger partial charge in [-0.2, -0.15) is 0 Å². The maximum Gasteiger partial charge on any atom is 0.0548 e. The number of halogens is 1. The SMILES string of the molecule is CC(C)(C)c1ccc(-n2c3ccc(C(C)(C)C)cc3c3cc4c(cc32)c2cc(C(C)(C)C)ccc2n4-c2cc(Br)cc(C(C)(C)C)c2)cc1. The average molecular weight is 712 g/mol. The van der Waals surface area contributed by atoms with E-state index in [9.17, 15) is 0 Å². The van der Waals surface area contributed by atoms with E-state index in [0.717, 1.165) is 4.47 Å². The zero-order valence-corrected chi connectivity index (χ0v) is 33.0. The third kappa shape index (κ3) is 5.82. The quantitative estimate of drug-likeness (QED) is 0.169. The maximum absolute atomic E-state index is 3.89. The lowest BCUT2D eigenvalue weighted by atomic mass is 9.86. The second kappa shape index (κ2) is 11.1. The van der Waals surface area contributed by atoms with Crippen molar-refractivity contribution >= 4 is 59.5 Å². The van der Waals surface area contributed by atoms with Crippen molar-refractivity contribution in [2.24, 2.45) is 0 Å². The molecule has 2 aromatic heterocycles. The van der Waals surface area contributed by atoms with Crippen molar-refractivity contribution in [3.05, 3.63) is 118 Å². The molecule has 2 nitrogen and oxygen atoms in total. The number of nitrogens with zero attached hydrogens (tertiary/aromatic N) is 2. The first-order valence-electron chi connectivity index (χ1n) is 17.7. The van der Waals surface area contributed by atoms with Gasteiger partial charge in [0.15, 0.2) is 0 Å². The molecule has 5 aromatic carbocycles. The van der Waals surface area contributed by atoms with Gasteiger partial charge in [-0.1, -0.05) is 123 Å². The average Bonchev–Trinajstić information content (AvgIpc) is 3.49. The number of hydrogen-bond acceptors (Lipinski definition) is 0. The van der Waals surface area contributed by atoms with Gasteiger partial charge in [0.05, 0.1) is 22.1 Å². The summed E-state index contributed by atoms with van der Waals surface area (Å²) in [6, 6.07) is 35.3. The van der Waals surface area contributed by atoms with Gasteiger partial charge in [0, 0.05) is 37.4 Å². The summed E-state index contributed by atoms with van der Waals surface area (Å²) in [6.07, 6.45) is 0. The van der Waals surface area contributed by atoms with E-state index in [1.807, 2.05) is 0 Å². The molecule has 0 bridgehead atoms. The summed E-state index contributed by atoms with van der Waals surface area (Å²) in [4.78, 5) is 0. The molecule has 0 spiro atoms. The molecule has 0 unspecified atom stereocenters. The predicted molar refractivity (Wildman–Crippen MR) is 218 cm³/mol. The van der Waals surface area contributed by atoms with E-state index >= 15 is 0 Å². The van der Waals surface area contributed by atoms with Crippen LogP contribution in [0.25, 0.3) is 55.0 Å². The smallest absolute Gasteiger partial charge is 0.0548 e. The summed E-state index contributed by atoms with van der Waals surface area (Å²) in [6.45, 7) is 27.6. The molecule has 3 heteroatoms. The van der Waals surface area contributed by atoms with Gasteiger partial charge in [0.2, 0.25) is 0 Å². The Morgan fingerprint density at radius 1 is 0.347 bits per heavy atom. The monoisotopic (exact) mass is 710 g/mol. The Morgan fingerprint density at radius 2 is 0.735 bits per heavy atom. The summed E-state index contributed by atoms with van der Waals surface area (Å²) in [5, 5.41) is 5.13. The lowest BCUT2D eigenvalue weighted by Gasteiger charge is -2.21. The highest BCUT2D eigenvalue weighted by molar-refractivity contribution is 9.10. The number of hydrogen-bond donors (Lipinski definition) is 0. The minimum absolute atomic E-state index is 0.0171. The van der Waals surface area contributed by atoms with Crippen molar-refractivity contribution in [1.29, 1.82) is 0 Å². The Morgan fingerprint density at radius 3 is 1.16 bits per heavy atom. The molecule has 7 aromatic rings. The Hall–Kier alpha value is -3.82. The molecule has 0 aliphatic rings. The third-order valence-electron chi connectivity index (χ3n) is 10.4. The van der Waals surface area contributed by atoms with Crippen LogP contribution < -0.4 is 0 Å². The van der Waals surface area contributed by atoms with Gasteiger partial charge in [-0.05, 0) is 111 Å². The van der Waals surface area contributed by atoms with E-state index in [1.54, 1.807) is 0 Å². The minimum atomic E-state index is 0.0171. The van der Waals surface area contributed by atoms with Crippen LogP contribution >= 0.6 is 15.9 Å². The van der Waals surface area contributed by atoms with E-state index in [-0.39, 0.29) is 21.7 Å². The van der Waals surface area contributed by atoms with Crippen molar-refractivity contribution in [2.75, 3.05) is 0 Å². The third-order valence-corrected chi connectivity index (χ3v) is 10.8. The fourth-order valence-electron chi connectivity index (χ4n) is 7.27. The van der Waals surface area contributed by atoms with Crippen LogP contribution in [-0.4, -0.2) is 9.13 Å². The summed E-state index contributed by atoms with van der Waals surface area (Å²) < 4.78 is 6.07. The van der Waals surface area contributed by atoms with Gasteiger partial charge in [-0.25, -0.2) is 0 Å². The molecule has 49 heavy (non-hydrogen) atoms. The van der Waals surface area contributed by atoms with Crippen LogP contribution in [0.2, 0.25) is 0 Å². The topological polar surface area (TPSA) is 9.86 Å². The van der Waals surface area contributed by atoms with E-state index < -0.39 is 0 Å². The zero-order chi connectivity index (χ0) is 35.4. The van der Waals surface area contributed by atoms with Crippen LogP contribution in [0, 0.1) is 0 Å². The molecule has 0 radical (unpaired) electrons. The first-order valence-corrected chi connectivity index (χ1v) is 18.5. The van der Waals surface area contributed by atoms with E-state index in [2.05, 4.69) is 199 Å². The largest absolute Gasteiger partial charge is 0.309 e. The van der Waals surface area contributed by atoms with Crippen LogP contribution in [-0.2, 0) is 21.7 Å². The number of benzene rings is 5. The van der Waals surface area contributed by atoms with E-state index in [0.29, 0.717) is 0 Å². The first-order chi connectivity index (χ1) is 22.7. The summed E-state index contributed by atoms with van der Waals surface area (Å²) >= 11 is 3.89. The molecular formula is C46H51BrN2. The first kappa shape index (κ1) is 33.7. The van der Waals surface area contributed by atoms with Crippen LogP contribution in [0.15, 0.2) is 95.5 Å². The molecular weight excluding hydrogens is 660 g/mol. The Kier molecular flexibility index (Phi) is 7.62. The second-order valence-corrected chi connectivity index (χ2v) is 19.2. The van der Waals surface area contributed by atoms with Crippen LogP contribution in [0.3, 0.4) is 0 Å². The molecule has 7 rings (SSSR count). The molecule has 0 N–H and O–H groups in total. The standard InChI is InChI=1S/C46H51BrN2/c1-43(2,3)28-13-17-33(18-14-28)48-39-19-15-29(44(4,5)6)23-35(39)37-27-42-38(26-41(37)48)36-24-30(45(7,8)9)16-20-40(36)49(42)34-22-31(46(10,11)12)21-32(47)25-34/h13-27H,1-12H3. The van der Waals surface area contributed by atoms with Gasteiger partial charge >= 0.3 is 0 Å².